The van der Waals surface area contributed by atoms with Crippen molar-refractivity contribution in [3.8, 4) is 0 Å². The molecule has 0 atom stereocenters. The Morgan fingerprint density at radius 1 is 0.889 bits per heavy atom. The van der Waals surface area contributed by atoms with Crippen LogP contribution in [0.4, 0.5) is 5.82 Å². The van der Waals surface area contributed by atoms with Gasteiger partial charge in [-0.1, -0.05) is 41.9 Å². The second kappa shape index (κ2) is 8.12. The Bertz CT molecular complexity index is 1100. The van der Waals surface area contributed by atoms with Gasteiger partial charge in [0.05, 0.1) is 17.2 Å². The highest BCUT2D eigenvalue weighted by Gasteiger charge is 2.06. The first kappa shape index (κ1) is 17.4. The molecule has 0 radical (unpaired) electrons. The summed E-state index contributed by atoms with van der Waals surface area (Å²) in [6, 6.07) is 19.3. The van der Waals surface area contributed by atoms with Gasteiger partial charge in [-0.15, -0.1) is 11.3 Å². The number of nitrogens with zero attached hydrogens (tertiary/aromatic N) is 3. The molecule has 0 saturated heterocycles. The van der Waals surface area contributed by atoms with Crippen LogP contribution in [-0.4, -0.2) is 16.2 Å². The lowest BCUT2D eigenvalue weighted by Gasteiger charge is -2.06. The van der Waals surface area contributed by atoms with Crippen molar-refractivity contribution in [1.82, 2.24) is 9.97 Å². The number of para-hydroxylation sites is 2. The summed E-state index contributed by atoms with van der Waals surface area (Å²) in [6.07, 6.45) is 5.70. The molecule has 0 fully saturated rings. The molecule has 0 aliphatic rings. The molecule has 2 aromatic heterocycles. The van der Waals surface area contributed by atoms with E-state index in [-0.39, 0.29) is 0 Å². The van der Waals surface area contributed by atoms with E-state index in [9.17, 15) is 0 Å². The highest BCUT2D eigenvalue weighted by molar-refractivity contribution is 7.10. The summed E-state index contributed by atoms with van der Waals surface area (Å²) in [5, 5.41) is 7.04. The molecule has 4 nitrogen and oxygen atoms in total. The van der Waals surface area contributed by atoms with Crippen LogP contribution in [0.2, 0.25) is 5.02 Å². The maximum Gasteiger partial charge on any atom is 0.173 e. The highest BCUT2D eigenvalue weighted by Crippen LogP contribution is 2.20. The molecule has 132 valence electrons. The maximum atomic E-state index is 5.91. The van der Waals surface area contributed by atoms with E-state index in [1.54, 1.807) is 17.6 Å². The minimum atomic E-state index is 0.603. The molecule has 0 aliphatic heterocycles. The molecule has 2 heterocycles. The van der Waals surface area contributed by atoms with Crippen molar-refractivity contribution in [2.45, 2.75) is 0 Å². The fraction of sp³-hybridized carbons (Fsp3) is 0. The summed E-state index contributed by atoms with van der Waals surface area (Å²) < 4.78 is 0. The Balaban J connectivity index is 1.64. The zero-order chi connectivity index (χ0) is 18.5. The topological polar surface area (TPSA) is 50.2 Å². The Hall–Kier alpha value is -3.02. The standard InChI is InChI=1S/C21H15ClN4S/c22-16-9-7-15(8-10-16)14-23-26-21-20(12-11-17-4-3-13-27-17)24-18-5-1-2-6-19(18)25-21/h1-14H,(H,25,26)/b12-11+,23-14-. The summed E-state index contributed by atoms with van der Waals surface area (Å²) in [7, 11) is 0. The van der Waals surface area contributed by atoms with Gasteiger partial charge in [0.2, 0.25) is 0 Å². The third kappa shape index (κ3) is 4.39. The van der Waals surface area contributed by atoms with Gasteiger partial charge >= 0.3 is 0 Å². The van der Waals surface area contributed by atoms with E-state index in [1.807, 2.05) is 72.1 Å². The fourth-order valence-corrected chi connectivity index (χ4v) is 3.22. The van der Waals surface area contributed by atoms with Crippen molar-refractivity contribution in [2.24, 2.45) is 5.10 Å². The number of aromatic nitrogens is 2. The largest absolute Gasteiger partial charge is 0.260 e. The lowest BCUT2D eigenvalue weighted by atomic mass is 10.2. The van der Waals surface area contributed by atoms with Crippen LogP contribution in [0, 0.1) is 0 Å². The number of halogens is 1. The quantitative estimate of drug-likeness (QED) is 0.338. The van der Waals surface area contributed by atoms with Crippen LogP contribution in [0.5, 0.6) is 0 Å². The van der Waals surface area contributed by atoms with Crippen LogP contribution < -0.4 is 5.43 Å². The highest BCUT2D eigenvalue weighted by atomic mass is 35.5. The van der Waals surface area contributed by atoms with Gasteiger partial charge in [-0.3, -0.25) is 5.43 Å². The van der Waals surface area contributed by atoms with Crippen LogP contribution >= 0.6 is 22.9 Å². The third-order valence-electron chi connectivity index (χ3n) is 3.80. The molecule has 6 heteroatoms. The second-order valence-electron chi connectivity index (χ2n) is 5.72. The second-order valence-corrected chi connectivity index (χ2v) is 7.13. The average molecular weight is 391 g/mol. The van der Waals surface area contributed by atoms with Crippen molar-refractivity contribution in [2.75, 3.05) is 5.43 Å². The smallest absolute Gasteiger partial charge is 0.173 e. The third-order valence-corrected chi connectivity index (χ3v) is 4.89. The van der Waals surface area contributed by atoms with E-state index >= 15 is 0 Å². The van der Waals surface area contributed by atoms with Gasteiger partial charge in [0.15, 0.2) is 5.82 Å². The first-order valence-electron chi connectivity index (χ1n) is 8.31. The van der Waals surface area contributed by atoms with E-state index in [4.69, 9.17) is 16.6 Å². The van der Waals surface area contributed by atoms with E-state index < -0.39 is 0 Å². The number of fused-ring (bicyclic) bond motifs is 1. The Morgan fingerprint density at radius 3 is 2.41 bits per heavy atom. The lowest BCUT2D eigenvalue weighted by molar-refractivity contribution is 1.20. The zero-order valence-corrected chi connectivity index (χ0v) is 15.8. The number of hydrogen-bond donors (Lipinski definition) is 1. The average Bonchev–Trinajstić information content (AvgIpc) is 3.21. The van der Waals surface area contributed by atoms with Crippen molar-refractivity contribution in [3.63, 3.8) is 0 Å². The first-order valence-corrected chi connectivity index (χ1v) is 9.57. The van der Waals surface area contributed by atoms with Gasteiger partial charge in [0.25, 0.3) is 0 Å². The number of hydrazone groups is 1. The van der Waals surface area contributed by atoms with E-state index in [2.05, 4.69) is 21.6 Å². The van der Waals surface area contributed by atoms with Gasteiger partial charge in [-0.05, 0) is 53.4 Å². The summed E-state index contributed by atoms with van der Waals surface area (Å²) in [4.78, 5) is 10.5. The number of rotatable bonds is 5. The normalized spacial score (nSPS) is 11.6. The predicted molar refractivity (Wildman–Crippen MR) is 115 cm³/mol. The molecule has 0 aliphatic carbocycles. The van der Waals surface area contributed by atoms with Crippen LogP contribution in [0.3, 0.4) is 0 Å². The molecule has 0 amide bonds. The van der Waals surface area contributed by atoms with Crippen molar-refractivity contribution >= 4 is 58.2 Å². The number of thiophene rings is 1. The summed E-state index contributed by atoms with van der Waals surface area (Å²) >= 11 is 7.58. The molecule has 0 saturated carbocycles. The molecule has 1 N–H and O–H groups in total. The van der Waals surface area contributed by atoms with E-state index in [1.165, 1.54) is 0 Å². The number of nitrogens with one attached hydrogen (secondary N) is 1. The van der Waals surface area contributed by atoms with Crippen molar-refractivity contribution in [3.05, 3.63) is 87.2 Å². The lowest BCUT2D eigenvalue weighted by Crippen LogP contribution is -1.99. The van der Waals surface area contributed by atoms with Gasteiger partial charge in [0.1, 0.15) is 5.69 Å². The Morgan fingerprint density at radius 2 is 1.67 bits per heavy atom. The Kier molecular flexibility index (Phi) is 5.23. The van der Waals surface area contributed by atoms with Crippen LogP contribution in [0.1, 0.15) is 16.1 Å². The minimum Gasteiger partial charge on any atom is -0.260 e. The fourth-order valence-electron chi connectivity index (χ4n) is 2.48. The molecule has 0 spiro atoms. The number of benzene rings is 2. The van der Waals surface area contributed by atoms with Crippen LogP contribution in [0.15, 0.2) is 71.1 Å². The molecule has 4 aromatic rings. The molecule has 0 unspecified atom stereocenters. The summed E-state index contributed by atoms with van der Waals surface area (Å²) in [5.41, 5.74) is 6.34. The summed E-state index contributed by atoms with van der Waals surface area (Å²) in [6.45, 7) is 0. The van der Waals surface area contributed by atoms with Gasteiger partial charge < -0.3 is 0 Å². The molecule has 27 heavy (non-hydrogen) atoms. The molecular weight excluding hydrogens is 376 g/mol. The van der Waals surface area contributed by atoms with Gasteiger partial charge in [0, 0.05) is 9.90 Å². The van der Waals surface area contributed by atoms with Crippen LogP contribution in [-0.2, 0) is 0 Å². The van der Waals surface area contributed by atoms with Crippen molar-refractivity contribution in [1.29, 1.82) is 0 Å². The van der Waals surface area contributed by atoms with Gasteiger partial charge in [-0.25, -0.2) is 9.97 Å². The number of anilines is 1. The molecule has 4 rings (SSSR count). The van der Waals surface area contributed by atoms with Crippen LogP contribution in [0.25, 0.3) is 23.2 Å². The maximum absolute atomic E-state index is 5.91. The van der Waals surface area contributed by atoms with E-state index in [0.29, 0.717) is 10.8 Å². The summed E-state index contributed by atoms with van der Waals surface area (Å²) in [5.74, 6) is 0.603. The monoisotopic (exact) mass is 390 g/mol. The van der Waals surface area contributed by atoms with Gasteiger partial charge in [-0.2, -0.15) is 5.10 Å². The predicted octanol–water partition coefficient (Wildman–Crippen LogP) is 5.96. The zero-order valence-electron chi connectivity index (χ0n) is 14.2. The molecular formula is C21H15ClN4S. The van der Waals surface area contributed by atoms with Crippen molar-refractivity contribution < 1.29 is 0 Å². The Labute approximate surface area is 165 Å². The van der Waals surface area contributed by atoms with E-state index in [0.717, 1.165) is 27.2 Å². The molecule has 0 bridgehead atoms. The SMILES string of the molecule is Clc1ccc(/C=N\Nc2nc3ccccc3nc2/C=C/c2cccs2)cc1. The minimum absolute atomic E-state index is 0.603. The number of hydrogen-bond acceptors (Lipinski definition) is 5. The first-order chi connectivity index (χ1) is 13.3. The molecule has 2 aromatic carbocycles.